The van der Waals surface area contributed by atoms with Crippen molar-refractivity contribution in [2.24, 2.45) is 7.05 Å². The van der Waals surface area contributed by atoms with E-state index in [-0.39, 0.29) is 29.3 Å². The van der Waals surface area contributed by atoms with Crippen molar-refractivity contribution >= 4 is 17.5 Å². The summed E-state index contributed by atoms with van der Waals surface area (Å²) in [5.41, 5.74) is 1.70. The lowest BCUT2D eigenvalue weighted by Crippen LogP contribution is -2.27. The van der Waals surface area contributed by atoms with E-state index in [0.717, 1.165) is 24.1 Å². The average molecular weight is 440 g/mol. The van der Waals surface area contributed by atoms with Crippen molar-refractivity contribution < 1.29 is 23.1 Å². The van der Waals surface area contributed by atoms with Crippen molar-refractivity contribution in [1.29, 1.82) is 0 Å². The van der Waals surface area contributed by atoms with Crippen molar-refractivity contribution in [3.05, 3.63) is 71.4 Å². The summed E-state index contributed by atoms with van der Waals surface area (Å²) in [6.45, 7) is 0.769. The zero-order valence-corrected chi connectivity index (χ0v) is 17.4. The lowest BCUT2D eigenvalue weighted by molar-refractivity contribution is -0.124. The molecule has 32 heavy (non-hydrogen) atoms. The zero-order chi connectivity index (χ0) is 22.7. The molecule has 2 heterocycles. The van der Waals surface area contributed by atoms with E-state index in [1.54, 1.807) is 25.2 Å². The Labute approximate surface area is 183 Å². The highest BCUT2D eigenvalue weighted by Crippen LogP contribution is 2.25. The second-order valence-electron chi connectivity index (χ2n) is 7.56. The zero-order valence-electron chi connectivity index (χ0n) is 17.4. The molecule has 7 nitrogen and oxygen atoms in total. The van der Waals surface area contributed by atoms with Crippen LogP contribution in [0.1, 0.15) is 28.8 Å². The van der Waals surface area contributed by atoms with E-state index in [1.807, 2.05) is 6.07 Å². The lowest BCUT2D eigenvalue weighted by atomic mass is 10.1. The standard InChI is InChI=1S/C23H22F2N4O3/c1-29-13-18(21(28-29)17-8-7-15(24)11-19(17)25)22(30)26-12-14-4-2-5-16(10-14)27-23(31)20-6-3-9-32-20/h2,4-5,7-8,10-11,13,20H,3,6,9,12H2,1H3,(H,26,30)(H,27,31). The van der Waals surface area contributed by atoms with E-state index in [4.69, 9.17) is 4.74 Å². The normalized spacial score (nSPS) is 15.5. The van der Waals surface area contributed by atoms with Crippen molar-refractivity contribution in [3.63, 3.8) is 0 Å². The number of halogens is 2. The molecule has 2 amide bonds. The molecule has 1 saturated heterocycles. The number of benzene rings is 2. The lowest BCUT2D eigenvalue weighted by Gasteiger charge is -2.12. The van der Waals surface area contributed by atoms with E-state index in [1.165, 1.54) is 16.9 Å². The largest absolute Gasteiger partial charge is 0.368 e. The van der Waals surface area contributed by atoms with E-state index in [9.17, 15) is 18.4 Å². The summed E-state index contributed by atoms with van der Waals surface area (Å²) >= 11 is 0. The molecule has 0 aliphatic carbocycles. The Hall–Kier alpha value is -3.59. The monoisotopic (exact) mass is 440 g/mol. The van der Waals surface area contributed by atoms with Crippen LogP contribution in [0, 0.1) is 11.6 Å². The van der Waals surface area contributed by atoms with Crippen LogP contribution in [0.4, 0.5) is 14.5 Å². The summed E-state index contributed by atoms with van der Waals surface area (Å²) in [6, 6.07) is 10.2. The highest BCUT2D eigenvalue weighted by atomic mass is 19.1. The van der Waals surface area contributed by atoms with Crippen molar-refractivity contribution in [2.45, 2.75) is 25.5 Å². The van der Waals surface area contributed by atoms with Gasteiger partial charge in [-0.2, -0.15) is 5.10 Å². The van der Waals surface area contributed by atoms with E-state index in [2.05, 4.69) is 15.7 Å². The molecule has 1 aliphatic heterocycles. The Morgan fingerprint density at radius 1 is 1.22 bits per heavy atom. The minimum Gasteiger partial charge on any atom is -0.368 e. The van der Waals surface area contributed by atoms with Gasteiger partial charge in [0.2, 0.25) is 0 Å². The van der Waals surface area contributed by atoms with Gasteiger partial charge in [-0.1, -0.05) is 12.1 Å². The van der Waals surface area contributed by atoms with Gasteiger partial charge in [0, 0.05) is 43.7 Å². The molecule has 0 radical (unpaired) electrons. The van der Waals surface area contributed by atoms with Gasteiger partial charge in [0.1, 0.15) is 23.4 Å². The number of aromatic nitrogens is 2. The molecule has 2 N–H and O–H groups in total. The van der Waals surface area contributed by atoms with E-state index >= 15 is 0 Å². The minimum absolute atomic E-state index is 0.0380. The number of nitrogens with one attached hydrogen (secondary N) is 2. The van der Waals surface area contributed by atoms with E-state index in [0.29, 0.717) is 18.7 Å². The van der Waals surface area contributed by atoms with Gasteiger partial charge in [-0.25, -0.2) is 8.78 Å². The fraction of sp³-hybridized carbons (Fsp3) is 0.261. The molecule has 1 aromatic heterocycles. The number of hydrogen-bond donors (Lipinski definition) is 2. The third kappa shape index (κ3) is 4.83. The SMILES string of the molecule is Cn1cc(C(=O)NCc2cccc(NC(=O)C3CCCO3)c2)c(-c2ccc(F)cc2F)n1. The molecule has 9 heteroatoms. The highest BCUT2D eigenvalue weighted by molar-refractivity contribution is 6.00. The van der Waals surface area contributed by atoms with Crippen molar-refractivity contribution in [3.8, 4) is 11.3 Å². The van der Waals surface area contributed by atoms with Gasteiger partial charge in [0.05, 0.1) is 5.56 Å². The molecule has 0 saturated carbocycles. The maximum absolute atomic E-state index is 14.2. The number of ether oxygens (including phenoxy) is 1. The number of amides is 2. The molecule has 1 aliphatic rings. The summed E-state index contributed by atoms with van der Waals surface area (Å²) in [7, 11) is 1.61. The number of carbonyl (C=O) groups is 2. The molecule has 1 atom stereocenters. The first-order chi connectivity index (χ1) is 15.4. The van der Waals surface area contributed by atoms with E-state index < -0.39 is 23.6 Å². The predicted molar refractivity (Wildman–Crippen MR) is 114 cm³/mol. The Bertz CT molecular complexity index is 1160. The smallest absolute Gasteiger partial charge is 0.255 e. The molecule has 3 aromatic rings. The average Bonchev–Trinajstić information content (AvgIpc) is 3.42. The quantitative estimate of drug-likeness (QED) is 0.615. The molecule has 4 rings (SSSR count). The summed E-state index contributed by atoms with van der Waals surface area (Å²) in [5.74, 6) is -2.15. The molecular formula is C23H22F2N4O3. The van der Waals surface area contributed by atoms with Crippen LogP contribution in [0.25, 0.3) is 11.3 Å². The molecule has 1 fully saturated rings. The van der Waals surface area contributed by atoms with Crippen LogP contribution >= 0.6 is 0 Å². The molecule has 0 spiro atoms. The van der Waals surface area contributed by atoms with Crippen LogP contribution in [0.15, 0.2) is 48.7 Å². The van der Waals surface area contributed by atoms with Gasteiger partial charge in [-0.05, 0) is 42.7 Å². The Kier molecular flexibility index (Phi) is 6.27. The summed E-state index contributed by atoms with van der Waals surface area (Å²) in [5, 5.41) is 9.77. The molecule has 166 valence electrons. The first-order valence-corrected chi connectivity index (χ1v) is 10.2. The highest BCUT2D eigenvalue weighted by Gasteiger charge is 2.23. The van der Waals surface area contributed by atoms with Gasteiger partial charge < -0.3 is 15.4 Å². The van der Waals surface area contributed by atoms with Crippen molar-refractivity contribution in [1.82, 2.24) is 15.1 Å². The van der Waals surface area contributed by atoms with Crippen LogP contribution in [0.5, 0.6) is 0 Å². The Morgan fingerprint density at radius 2 is 2.06 bits per heavy atom. The number of anilines is 1. The van der Waals surface area contributed by atoms with Gasteiger partial charge in [-0.15, -0.1) is 0 Å². The Balaban J connectivity index is 1.45. The van der Waals surface area contributed by atoms with Gasteiger partial charge in [-0.3, -0.25) is 14.3 Å². The summed E-state index contributed by atoms with van der Waals surface area (Å²) < 4.78 is 34.3. The van der Waals surface area contributed by atoms with Crippen LogP contribution in [-0.2, 0) is 23.1 Å². The first kappa shape index (κ1) is 21.6. The van der Waals surface area contributed by atoms with Crippen LogP contribution in [0.3, 0.4) is 0 Å². The molecule has 2 aromatic carbocycles. The first-order valence-electron chi connectivity index (χ1n) is 10.2. The van der Waals surface area contributed by atoms with Crippen molar-refractivity contribution in [2.75, 3.05) is 11.9 Å². The third-order valence-corrected chi connectivity index (χ3v) is 5.13. The van der Waals surface area contributed by atoms with Gasteiger partial charge in [0.25, 0.3) is 11.8 Å². The van der Waals surface area contributed by atoms with Gasteiger partial charge >= 0.3 is 0 Å². The third-order valence-electron chi connectivity index (χ3n) is 5.13. The molecular weight excluding hydrogens is 418 g/mol. The minimum atomic E-state index is -0.799. The molecule has 1 unspecified atom stereocenters. The molecule has 0 bridgehead atoms. The second-order valence-corrected chi connectivity index (χ2v) is 7.56. The van der Waals surface area contributed by atoms with Crippen LogP contribution < -0.4 is 10.6 Å². The predicted octanol–water partition coefficient (Wildman–Crippen LogP) is 3.41. The summed E-state index contributed by atoms with van der Waals surface area (Å²) in [6.07, 6.45) is 2.60. The fourth-order valence-electron chi connectivity index (χ4n) is 3.58. The topological polar surface area (TPSA) is 85.2 Å². The second kappa shape index (κ2) is 9.27. The van der Waals surface area contributed by atoms with Crippen LogP contribution in [0.2, 0.25) is 0 Å². The number of aryl methyl sites for hydroxylation is 1. The Morgan fingerprint density at radius 3 is 2.81 bits per heavy atom. The number of carbonyl (C=O) groups excluding carboxylic acids is 2. The maximum atomic E-state index is 14.2. The maximum Gasteiger partial charge on any atom is 0.255 e. The number of hydrogen-bond acceptors (Lipinski definition) is 4. The van der Waals surface area contributed by atoms with Crippen LogP contribution in [-0.4, -0.2) is 34.3 Å². The fourth-order valence-corrected chi connectivity index (χ4v) is 3.58. The number of rotatable bonds is 6. The van der Waals surface area contributed by atoms with Gasteiger partial charge in [0.15, 0.2) is 0 Å². The number of nitrogens with zero attached hydrogens (tertiary/aromatic N) is 2. The summed E-state index contributed by atoms with van der Waals surface area (Å²) in [4.78, 5) is 25.0.